The maximum atomic E-state index is 11.4. The van der Waals surface area contributed by atoms with Crippen LogP contribution in [0, 0.1) is 0 Å². The highest BCUT2D eigenvalue weighted by atomic mass is 16.5. The Kier molecular flexibility index (Phi) is 7.92. The molecule has 0 atom stereocenters. The molecule has 0 unspecified atom stereocenters. The van der Waals surface area contributed by atoms with Crippen LogP contribution >= 0.6 is 0 Å². The molecule has 0 saturated carbocycles. The maximum absolute atomic E-state index is 11.4. The van der Waals surface area contributed by atoms with E-state index in [4.69, 9.17) is 4.74 Å². The van der Waals surface area contributed by atoms with E-state index in [9.17, 15) is 4.79 Å². The number of nitrogens with one attached hydrogen (secondary N) is 2. The summed E-state index contributed by atoms with van der Waals surface area (Å²) in [5.41, 5.74) is 1.89. The van der Waals surface area contributed by atoms with Crippen molar-refractivity contribution >= 4 is 5.91 Å². The summed E-state index contributed by atoms with van der Waals surface area (Å²) >= 11 is 0. The lowest BCUT2D eigenvalue weighted by Crippen LogP contribution is -2.18. The summed E-state index contributed by atoms with van der Waals surface area (Å²) in [5, 5.41) is 6.01. The lowest BCUT2D eigenvalue weighted by atomic mass is 10.1. The largest absolute Gasteiger partial charge is 0.379 e. The molecule has 0 aliphatic rings. The molecule has 0 aliphatic carbocycles. The van der Waals surface area contributed by atoms with Crippen molar-refractivity contribution in [1.29, 1.82) is 0 Å². The first kappa shape index (κ1) is 16.7. The van der Waals surface area contributed by atoms with E-state index in [1.807, 2.05) is 24.3 Å². The van der Waals surface area contributed by atoms with Crippen molar-refractivity contribution in [3.05, 3.63) is 35.4 Å². The first-order valence-corrected chi connectivity index (χ1v) is 7.27. The van der Waals surface area contributed by atoms with Gasteiger partial charge in [-0.2, -0.15) is 0 Å². The smallest absolute Gasteiger partial charge is 0.251 e. The highest BCUT2D eigenvalue weighted by Crippen LogP contribution is 2.04. The second kappa shape index (κ2) is 9.50. The van der Waals surface area contributed by atoms with Crippen molar-refractivity contribution in [3.63, 3.8) is 0 Å². The number of unbranched alkanes of at least 4 members (excludes halogenated alkanes) is 1. The molecular weight excluding hydrogens is 252 g/mol. The minimum Gasteiger partial charge on any atom is -0.379 e. The van der Waals surface area contributed by atoms with Crippen LogP contribution in [-0.2, 0) is 11.3 Å². The second-order valence-corrected chi connectivity index (χ2v) is 5.08. The molecule has 1 aromatic rings. The quantitative estimate of drug-likeness (QED) is 0.682. The molecule has 112 valence electrons. The van der Waals surface area contributed by atoms with Crippen LogP contribution in [0.2, 0.25) is 0 Å². The molecule has 1 aromatic carbocycles. The molecular formula is C16H26N2O2. The lowest BCUT2D eigenvalue weighted by Gasteiger charge is -2.08. The van der Waals surface area contributed by atoms with Crippen LogP contribution in [0.4, 0.5) is 0 Å². The Balaban J connectivity index is 2.14. The number of rotatable bonds is 9. The average Bonchev–Trinajstić information content (AvgIpc) is 2.45. The van der Waals surface area contributed by atoms with Gasteiger partial charge in [0.05, 0.1) is 6.10 Å². The third-order valence-corrected chi connectivity index (χ3v) is 2.97. The molecule has 4 nitrogen and oxygen atoms in total. The summed E-state index contributed by atoms with van der Waals surface area (Å²) in [5.74, 6) is -0.0466. The van der Waals surface area contributed by atoms with Gasteiger partial charge in [-0.3, -0.25) is 4.79 Å². The number of amides is 1. The van der Waals surface area contributed by atoms with Gasteiger partial charge in [-0.05, 0) is 50.9 Å². The molecule has 0 radical (unpaired) electrons. The van der Waals surface area contributed by atoms with Gasteiger partial charge in [0.1, 0.15) is 0 Å². The van der Waals surface area contributed by atoms with E-state index in [1.165, 1.54) is 5.56 Å². The van der Waals surface area contributed by atoms with Crippen LogP contribution in [-0.4, -0.2) is 32.2 Å². The molecule has 0 aliphatic heterocycles. The second-order valence-electron chi connectivity index (χ2n) is 5.08. The first-order valence-electron chi connectivity index (χ1n) is 7.27. The summed E-state index contributed by atoms with van der Waals surface area (Å²) in [6, 6.07) is 7.68. The molecule has 4 heteroatoms. The van der Waals surface area contributed by atoms with Gasteiger partial charge in [-0.15, -0.1) is 0 Å². The Morgan fingerprint density at radius 2 is 1.90 bits per heavy atom. The zero-order chi connectivity index (χ0) is 14.8. The summed E-state index contributed by atoms with van der Waals surface area (Å²) in [4.78, 5) is 11.4. The molecule has 1 rings (SSSR count). The molecule has 0 saturated heterocycles. The van der Waals surface area contributed by atoms with Crippen molar-refractivity contribution in [2.45, 2.75) is 39.3 Å². The molecule has 0 spiro atoms. The van der Waals surface area contributed by atoms with E-state index < -0.39 is 0 Å². The molecule has 0 fully saturated rings. The minimum absolute atomic E-state index is 0.0466. The SMILES string of the molecule is CNC(=O)c1ccc(CNCCCCOC(C)C)cc1. The Morgan fingerprint density at radius 3 is 2.50 bits per heavy atom. The highest BCUT2D eigenvalue weighted by molar-refractivity contribution is 5.93. The van der Waals surface area contributed by atoms with Crippen molar-refractivity contribution in [2.24, 2.45) is 0 Å². The summed E-state index contributed by atoms with van der Waals surface area (Å²) < 4.78 is 5.49. The fourth-order valence-corrected chi connectivity index (χ4v) is 1.82. The normalized spacial score (nSPS) is 10.8. The third kappa shape index (κ3) is 6.68. The highest BCUT2D eigenvalue weighted by Gasteiger charge is 2.01. The Labute approximate surface area is 121 Å². The fourth-order valence-electron chi connectivity index (χ4n) is 1.82. The number of ether oxygens (including phenoxy) is 1. The summed E-state index contributed by atoms with van der Waals surface area (Å²) in [6.45, 7) is 6.76. The molecule has 0 bridgehead atoms. The topological polar surface area (TPSA) is 50.4 Å². The van der Waals surface area contributed by atoms with Gasteiger partial charge in [-0.1, -0.05) is 12.1 Å². The summed E-state index contributed by atoms with van der Waals surface area (Å²) in [6.07, 6.45) is 2.52. The Hall–Kier alpha value is -1.39. The van der Waals surface area contributed by atoms with Gasteiger partial charge in [0.15, 0.2) is 0 Å². The van der Waals surface area contributed by atoms with E-state index >= 15 is 0 Å². The van der Waals surface area contributed by atoms with Crippen molar-refractivity contribution < 1.29 is 9.53 Å². The van der Waals surface area contributed by atoms with Crippen LogP contribution in [0.1, 0.15) is 42.6 Å². The average molecular weight is 278 g/mol. The zero-order valence-corrected chi connectivity index (χ0v) is 12.7. The van der Waals surface area contributed by atoms with Gasteiger partial charge >= 0.3 is 0 Å². The maximum Gasteiger partial charge on any atom is 0.251 e. The van der Waals surface area contributed by atoms with E-state index in [1.54, 1.807) is 7.05 Å². The van der Waals surface area contributed by atoms with Crippen molar-refractivity contribution in [2.75, 3.05) is 20.2 Å². The van der Waals surface area contributed by atoms with E-state index in [-0.39, 0.29) is 5.91 Å². The lowest BCUT2D eigenvalue weighted by molar-refractivity contribution is 0.0760. The van der Waals surface area contributed by atoms with E-state index in [0.29, 0.717) is 11.7 Å². The van der Waals surface area contributed by atoms with Crippen LogP contribution in [0.15, 0.2) is 24.3 Å². The number of carbonyl (C=O) groups is 1. The van der Waals surface area contributed by atoms with E-state index in [2.05, 4.69) is 24.5 Å². The number of benzene rings is 1. The molecule has 1 amide bonds. The predicted molar refractivity (Wildman–Crippen MR) is 81.9 cm³/mol. The standard InChI is InChI=1S/C16H26N2O2/c1-13(2)20-11-5-4-10-18-12-14-6-8-15(9-7-14)16(19)17-3/h6-9,13,18H,4-5,10-12H2,1-3H3,(H,17,19). The van der Waals surface area contributed by atoms with Crippen LogP contribution in [0.25, 0.3) is 0 Å². The molecule has 20 heavy (non-hydrogen) atoms. The zero-order valence-electron chi connectivity index (χ0n) is 12.7. The van der Waals surface area contributed by atoms with E-state index in [0.717, 1.165) is 32.5 Å². The van der Waals surface area contributed by atoms with Crippen LogP contribution < -0.4 is 10.6 Å². The Morgan fingerprint density at radius 1 is 1.20 bits per heavy atom. The van der Waals surface area contributed by atoms with Gasteiger partial charge < -0.3 is 15.4 Å². The third-order valence-electron chi connectivity index (χ3n) is 2.97. The molecule has 0 aromatic heterocycles. The van der Waals surface area contributed by atoms with Crippen molar-refractivity contribution in [3.8, 4) is 0 Å². The van der Waals surface area contributed by atoms with Gasteiger partial charge in [0.25, 0.3) is 5.91 Å². The van der Waals surface area contributed by atoms with Gasteiger partial charge in [0.2, 0.25) is 0 Å². The van der Waals surface area contributed by atoms with Gasteiger partial charge in [0, 0.05) is 25.8 Å². The molecule has 2 N–H and O–H groups in total. The Bertz CT molecular complexity index is 388. The fraction of sp³-hybridized carbons (Fsp3) is 0.562. The summed E-state index contributed by atoms with van der Waals surface area (Å²) in [7, 11) is 1.64. The first-order chi connectivity index (χ1) is 9.63. The van der Waals surface area contributed by atoms with Gasteiger partial charge in [-0.25, -0.2) is 0 Å². The number of hydrogen-bond acceptors (Lipinski definition) is 3. The van der Waals surface area contributed by atoms with Crippen molar-refractivity contribution in [1.82, 2.24) is 10.6 Å². The molecule has 0 heterocycles. The monoisotopic (exact) mass is 278 g/mol. The van der Waals surface area contributed by atoms with Crippen LogP contribution in [0.3, 0.4) is 0 Å². The predicted octanol–water partition coefficient (Wildman–Crippen LogP) is 2.34. The number of carbonyl (C=O) groups excluding carboxylic acids is 1. The number of hydrogen-bond donors (Lipinski definition) is 2. The van der Waals surface area contributed by atoms with Crippen LogP contribution in [0.5, 0.6) is 0 Å². The minimum atomic E-state index is -0.0466.